The van der Waals surface area contributed by atoms with E-state index in [2.05, 4.69) is 12.2 Å². The van der Waals surface area contributed by atoms with Crippen LogP contribution in [0.25, 0.3) is 0 Å². The van der Waals surface area contributed by atoms with Crippen LogP contribution in [0.15, 0.2) is 24.0 Å². The molecule has 1 fully saturated rings. The van der Waals surface area contributed by atoms with Crippen LogP contribution in [0, 0.1) is 5.92 Å². The van der Waals surface area contributed by atoms with Gasteiger partial charge < -0.3 is 9.47 Å². The summed E-state index contributed by atoms with van der Waals surface area (Å²) in [6, 6.07) is 0. The van der Waals surface area contributed by atoms with Crippen LogP contribution in [0.1, 0.15) is 12.8 Å². The second-order valence-corrected chi connectivity index (χ2v) is 3.41. The minimum absolute atomic E-state index is 0.00201. The normalized spacial score (nSPS) is 38.2. The number of fused-ring (bicyclic) bond motifs is 1. The molecule has 66 valence electrons. The van der Waals surface area contributed by atoms with Gasteiger partial charge in [0.05, 0.1) is 12.7 Å². The Kier molecular flexibility index (Phi) is 1.72. The molecule has 12 heavy (non-hydrogen) atoms. The standard InChI is InChI=1S/C10H14O2/c1-11-9-4-6-10(12-2)5-3-8(10)7-9/h4,6-8H,3,5H2,1-2H3. The first kappa shape index (κ1) is 7.87. The van der Waals surface area contributed by atoms with Crippen LogP contribution < -0.4 is 0 Å². The Morgan fingerprint density at radius 2 is 2.33 bits per heavy atom. The number of rotatable bonds is 2. The number of hydrogen-bond acceptors (Lipinski definition) is 2. The summed E-state index contributed by atoms with van der Waals surface area (Å²) >= 11 is 0. The van der Waals surface area contributed by atoms with E-state index in [1.807, 2.05) is 6.08 Å². The second-order valence-electron chi connectivity index (χ2n) is 3.41. The minimum Gasteiger partial charge on any atom is -0.497 e. The van der Waals surface area contributed by atoms with Crippen LogP contribution >= 0.6 is 0 Å². The highest BCUT2D eigenvalue weighted by atomic mass is 16.5. The van der Waals surface area contributed by atoms with E-state index < -0.39 is 0 Å². The largest absolute Gasteiger partial charge is 0.497 e. The molecular weight excluding hydrogens is 152 g/mol. The lowest BCUT2D eigenvalue weighted by atomic mass is 9.67. The molecule has 0 spiro atoms. The fourth-order valence-corrected chi connectivity index (χ4v) is 1.96. The average molecular weight is 166 g/mol. The summed E-state index contributed by atoms with van der Waals surface area (Å²) in [4.78, 5) is 0. The van der Waals surface area contributed by atoms with Gasteiger partial charge in [0, 0.05) is 13.0 Å². The van der Waals surface area contributed by atoms with E-state index in [1.54, 1.807) is 14.2 Å². The zero-order valence-corrected chi connectivity index (χ0v) is 7.54. The third-order valence-corrected chi connectivity index (χ3v) is 2.98. The lowest BCUT2D eigenvalue weighted by molar-refractivity contribution is -0.0690. The molecule has 0 aromatic rings. The highest BCUT2D eigenvalue weighted by Gasteiger charge is 2.45. The molecular formula is C10H14O2. The van der Waals surface area contributed by atoms with Gasteiger partial charge in [-0.1, -0.05) is 0 Å². The monoisotopic (exact) mass is 166 g/mol. The highest BCUT2D eigenvalue weighted by Crippen LogP contribution is 2.46. The Bertz CT molecular complexity index is 238. The van der Waals surface area contributed by atoms with E-state index in [1.165, 1.54) is 6.42 Å². The van der Waals surface area contributed by atoms with Gasteiger partial charge in [-0.15, -0.1) is 0 Å². The molecule has 2 aliphatic rings. The zero-order chi connectivity index (χ0) is 8.60. The number of allylic oxidation sites excluding steroid dienone is 1. The minimum atomic E-state index is 0.00201. The number of ether oxygens (including phenoxy) is 2. The molecule has 1 saturated carbocycles. The van der Waals surface area contributed by atoms with Gasteiger partial charge in [0.2, 0.25) is 0 Å². The third kappa shape index (κ3) is 0.911. The van der Waals surface area contributed by atoms with Gasteiger partial charge in [-0.3, -0.25) is 0 Å². The van der Waals surface area contributed by atoms with Gasteiger partial charge in [0.1, 0.15) is 5.76 Å². The molecule has 0 amide bonds. The summed E-state index contributed by atoms with van der Waals surface area (Å²) in [7, 11) is 3.48. The lowest BCUT2D eigenvalue weighted by Crippen LogP contribution is -2.47. The quantitative estimate of drug-likeness (QED) is 0.623. The maximum Gasteiger partial charge on any atom is 0.115 e. The molecule has 2 heteroatoms. The second kappa shape index (κ2) is 2.63. The van der Waals surface area contributed by atoms with Gasteiger partial charge in [0.15, 0.2) is 0 Å². The summed E-state index contributed by atoms with van der Waals surface area (Å²) in [6.45, 7) is 0. The smallest absolute Gasteiger partial charge is 0.115 e. The Balaban J connectivity index is 2.18. The van der Waals surface area contributed by atoms with Crippen molar-refractivity contribution in [2.24, 2.45) is 5.92 Å². The fraction of sp³-hybridized carbons (Fsp3) is 0.600. The van der Waals surface area contributed by atoms with Crippen molar-refractivity contribution in [1.29, 1.82) is 0 Å². The van der Waals surface area contributed by atoms with E-state index in [4.69, 9.17) is 9.47 Å². The maximum absolute atomic E-state index is 5.48. The van der Waals surface area contributed by atoms with Crippen molar-refractivity contribution in [2.75, 3.05) is 14.2 Å². The first-order valence-corrected chi connectivity index (χ1v) is 4.31. The molecule has 0 saturated heterocycles. The lowest BCUT2D eigenvalue weighted by Gasteiger charge is -2.46. The maximum atomic E-state index is 5.48. The van der Waals surface area contributed by atoms with Crippen molar-refractivity contribution in [3.63, 3.8) is 0 Å². The molecule has 2 aliphatic carbocycles. The number of hydrogen-bond donors (Lipinski definition) is 0. The molecule has 2 atom stereocenters. The highest BCUT2D eigenvalue weighted by molar-refractivity contribution is 5.30. The Morgan fingerprint density at radius 1 is 1.50 bits per heavy atom. The SMILES string of the molecule is COC1=CC2CCC2(OC)C=C1. The van der Waals surface area contributed by atoms with Gasteiger partial charge in [-0.05, 0) is 31.1 Å². The van der Waals surface area contributed by atoms with Crippen LogP contribution in [0.3, 0.4) is 0 Å². The summed E-state index contributed by atoms with van der Waals surface area (Å²) in [5.41, 5.74) is 0.00201. The van der Waals surface area contributed by atoms with Gasteiger partial charge in [-0.2, -0.15) is 0 Å². The van der Waals surface area contributed by atoms with Crippen LogP contribution in [0.4, 0.5) is 0 Å². The molecule has 0 radical (unpaired) electrons. The van der Waals surface area contributed by atoms with Crippen molar-refractivity contribution in [1.82, 2.24) is 0 Å². The molecule has 0 N–H and O–H groups in total. The van der Waals surface area contributed by atoms with E-state index in [9.17, 15) is 0 Å². The predicted octanol–water partition coefficient (Wildman–Crippen LogP) is 1.88. The van der Waals surface area contributed by atoms with Crippen molar-refractivity contribution < 1.29 is 9.47 Å². The van der Waals surface area contributed by atoms with Gasteiger partial charge >= 0.3 is 0 Å². The molecule has 2 nitrogen and oxygen atoms in total. The van der Waals surface area contributed by atoms with E-state index >= 15 is 0 Å². The third-order valence-electron chi connectivity index (χ3n) is 2.98. The van der Waals surface area contributed by atoms with Crippen LogP contribution in [0.5, 0.6) is 0 Å². The first-order valence-electron chi connectivity index (χ1n) is 4.31. The van der Waals surface area contributed by atoms with E-state index in [-0.39, 0.29) is 5.60 Å². The Morgan fingerprint density at radius 3 is 2.75 bits per heavy atom. The van der Waals surface area contributed by atoms with Gasteiger partial charge in [-0.25, -0.2) is 0 Å². The first-order chi connectivity index (χ1) is 5.80. The Labute approximate surface area is 72.9 Å². The summed E-state index contributed by atoms with van der Waals surface area (Å²) in [5, 5.41) is 0. The van der Waals surface area contributed by atoms with Crippen molar-refractivity contribution in [3.05, 3.63) is 24.0 Å². The van der Waals surface area contributed by atoms with E-state index in [0.29, 0.717) is 5.92 Å². The van der Waals surface area contributed by atoms with Gasteiger partial charge in [0.25, 0.3) is 0 Å². The molecule has 0 bridgehead atoms. The van der Waals surface area contributed by atoms with Crippen LogP contribution in [0.2, 0.25) is 0 Å². The summed E-state index contributed by atoms with van der Waals surface area (Å²) in [5.74, 6) is 1.50. The topological polar surface area (TPSA) is 18.5 Å². The summed E-state index contributed by atoms with van der Waals surface area (Å²) in [6.07, 6.45) is 8.63. The van der Waals surface area contributed by atoms with E-state index in [0.717, 1.165) is 12.2 Å². The molecule has 0 aliphatic heterocycles. The van der Waals surface area contributed by atoms with Crippen molar-refractivity contribution >= 4 is 0 Å². The molecule has 0 aromatic carbocycles. The number of methoxy groups -OCH3 is 2. The fourth-order valence-electron chi connectivity index (χ4n) is 1.96. The Hall–Kier alpha value is -0.760. The van der Waals surface area contributed by atoms with Crippen molar-refractivity contribution in [2.45, 2.75) is 18.4 Å². The van der Waals surface area contributed by atoms with Crippen LogP contribution in [-0.4, -0.2) is 19.8 Å². The summed E-state index contributed by atoms with van der Waals surface area (Å²) < 4.78 is 10.6. The van der Waals surface area contributed by atoms with Crippen molar-refractivity contribution in [3.8, 4) is 0 Å². The molecule has 2 rings (SSSR count). The van der Waals surface area contributed by atoms with Crippen LogP contribution in [-0.2, 0) is 9.47 Å². The zero-order valence-electron chi connectivity index (χ0n) is 7.54. The average Bonchev–Trinajstić information content (AvgIpc) is 2.08. The molecule has 0 aromatic heterocycles. The molecule has 0 heterocycles. The molecule has 2 unspecified atom stereocenters. The predicted molar refractivity (Wildman–Crippen MR) is 46.7 cm³/mol.